The smallest absolute Gasteiger partial charge is 0.409 e. The molecule has 0 spiro atoms. The summed E-state index contributed by atoms with van der Waals surface area (Å²) in [6.07, 6.45) is -0.893. The van der Waals surface area contributed by atoms with Crippen LogP contribution in [0.1, 0.15) is 18.9 Å². The van der Waals surface area contributed by atoms with Gasteiger partial charge in [-0.15, -0.1) is 0 Å². The highest BCUT2D eigenvalue weighted by molar-refractivity contribution is 5.68. The molecule has 0 radical (unpaired) electrons. The number of fused-ring (bicyclic) bond motifs is 2. The van der Waals surface area contributed by atoms with Gasteiger partial charge >= 0.3 is 6.09 Å². The van der Waals surface area contributed by atoms with Crippen LogP contribution in [0.4, 0.5) is 4.79 Å². The number of nitrogens with zero attached hydrogens (tertiary/aromatic N) is 2. The molecule has 8 nitrogen and oxygen atoms in total. The Bertz CT molecular complexity index is 690. The Morgan fingerprint density at radius 1 is 1.52 bits per heavy atom. The fourth-order valence-electron chi connectivity index (χ4n) is 3.60. The van der Waals surface area contributed by atoms with Crippen molar-refractivity contribution in [3.8, 4) is 11.8 Å². The molecule has 2 bridgehead atoms. The minimum absolute atomic E-state index is 0.0983. The van der Waals surface area contributed by atoms with Crippen LogP contribution in [0.3, 0.4) is 0 Å². The van der Waals surface area contributed by atoms with Crippen molar-refractivity contribution in [2.24, 2.45) is 0 Å². The zero-order valence-corrected chi connectivity index (χ0v) is 15.4. The summed E-state index contributed by atoms with van der Waals surface area (Å²) in [5.74, 6) is 0.586. The van der Waals surface area contributed by atoms with Crippen LogP contribution in [0.2, 0.25) is 0 Å². The van der Waals surface area contributed by atoms with Crippen molar-refractivity contribution < 1.29 is 24.1 Å². The number of hydrogen-bond acceptors (Lipinski definition) is 7. The highest BCUT2D eigenvalue weighted by Gasteiger charge is 2.46. The Balaban J connectivity index is 1.58. The first-order valence-electron chi connectivity index (χ1n) is 9.15. The second-order valence-corrected chi connectivity index (χ2v) is 6.94. The molecule has 0 saturated carbocycles. The predicted molar refractivity (Wildman–Crippen MR) is 96.3 cm³/mol. The van der Waals surface area contributed by atoms with Gasteiger partial charge in [0.25, 0.3) is 0 Å². The lowest BCUT2D eigenvalue weighted by Crippen LogP contribution is -2.67. The van der Waals surface area contributed by atoms with Gasteiger partial charge in [-0.05, 0) is 31.2 Å². The van der Waals surface area contributed by atoms with Gasteiger partial charge in [0.2, 0.25) is 0 Å². The van der Waals surface area contributed by atoms with E-state index in [9.17, 15) is 9.90 Å². The number of rotatable bonds is 6. The first-order chi connectivity index (χ1) is 13.0. The predicted octanol–water partition coefficient (Wildman–Crippen LogP) is 0.887. The van der Waals surface area contributed by atoms with Crippen LogP contribution in [0.25, 0.3) is 0 Å². The first-order valence-corrected chi connectivity index (χ1v) is 9.15. The summed E-state index contributed by atoms with van der Waals surface area (Å²) >= 11 is 0. The average molecular weight is 375 g/mol. The number of morpholine rings is 2. The van der Waals surface area contributed by atoms with Crippen LogP contribution in [0.15, 0.2) is 24.3 Å². The Kier molecular flexibility index (Phi) is 6.16. The van der Waals surface area contributed by atoms with Crippen molar-refractivity contribution in [1.82, 2.24) is 10.2 Å². The van der Waals surface area contributed by atoms with Gasteiger partial charge in [-0.1, -0.05) is 0 Å². The quantitative estimate of drug-likeness (QED) is 0.761. The third-order valence-corrected chi connectivity index (χ3v) is 4.70. The summed E-state index contributed by atoms with van der Waals surface area (Å²) < 4.78 is 16.9. The van der Waals surface area contributed by atoms with E-state index in [-0.39, 0.29) is 18.8 Å². The molecule has 2 aliphatic heterocycles. The highest BCUT2D eigenvalue weighted by Crippen LogP contribution is 2.29. The number of hydrogen-bond donors (Lipinski definition) is 2. The van der Waals surface area contributed by atoms with E-state index in [0.29, 0.717) is 50.5 Å². The molecule has 0 aromatic heterocycles. The number of aliphatic hydroxyl groups is 1. The number of nitriles is 1. The van der Waals surface area contributed by atoms with E-state index >= 15 is 0 Å². The molecule has 2 saturated heterocycles. The molecular weight excluding hydrogens is 350 g/mol. The summed E-state index contributed by atoms with van der Waals surface area (Å²) in [7, 11) is 0. The van der Waals surface area contributed by atoms with Crippen LogP contribution in [0, 0.1) is 11.3 Å². The van der Waals surface area contributed by atoms with Crippen LogP contribution < -0.4 is 10.1 Å². The van der Waals surface area contributed by atoms with Gasteiger partial charge in [-0.25, -0.2) is 4.79 Å². The summed E-state index contributed by atoms with van der Waals surface area (Å²) in [5.41, 5.74) is -0.114. The zero-order chi connectivity index (χ0) is 19.3. The van der Waals surface area contributed by atoms with Gasteiger partial charge in [0.1, 0.15) is 18.0 Å². The molecule has 27 heavy (non-hydrogen) atoms. The third-order valence-electron chi connectivity index (χ3n) is 4.70. The highest BCUT2D eigenvalue weighted by atomic mass is 16.6. The van der Waals surface area contributed by atoms with Crippen LogP contribution in [-0.4, -0.2) is 73.3 Å². The number of carbonyl (C=O) groups is 1. The maximum atomic E-state index is 12.1. The molecule has 1 aromatic rings. The number of benzene rings is 1. The summed E-state index contributed by atoms with van der Waals surface area (Å²) in [5, 5.41) is 22.6. The van der Waals surface area contributed by atoms with Gasteiger partial charge in [0, 0.05) is 19.5 Å². The number of ether oxygens (including phenoxy) is 3. The van der Waals surface area contributed by atoms with E-state index in [1.54, 1.807) is 36.1 Å². The fourth-order valence-corrected chi connectivity index (χ4v) is 3.60. The van der Waals surface area contributed by atoms with Crippen molar-refractivity contribution in [1.29, 1.82) is 5.26 Å². The Morgan fingerprint density at radius 3 is 3.00 bits per heavy atom. The standard InChI is InChI=1S/C19H25N3O5/c1-2-25-18(24)22-10-17-9-21-12-19(13-22,27-17)7-15(23)11-26-16-5-3-14(8-20)4-6-16/h3-6,15,17,21,23H,2,7,9-13H2,1H3/t15-,17?,19?/m0/s1. The topological polar surface area (TPSA) is 104 Å². The summed E-state index contributed by atoms with van der Waals surface area (Å²) in [6.45, 7) is 4.26. The number of nitrogens with one attached hydrogen (secondary N) is 1. The minimum atomic E-state index is -0.761. The molecule has 0 aliphatic carbocycles. The molecule has 8 heteroatoms. The monoisotopic (exact) mass is 375 g/mol. The van der Waals surface area contributed by atoms with Crippen LogP contribution in [0.5, 0.6) is 5.75 Å². The van der Waals surface area contributed by atoms with E-state index in [4.69, 9.17) is 19.5 Å². The fraction of sp³-hybridized carbons (Fsp3) is 0.579. The number of amides is 1. The molecule has 146 valence electrons. The average Bonchev–Trinajstić information content (AvgIpc) is 2.66. The maximum absolute atomic E-state index is 12.1. The van der Waals surface area contributed by atoms with Crippen molar-refractivity contribution in [2.75, 3.05) is 39.4 Å². The molecule has 3 atom stereocenters. The third kappa shape index (κ3) is 4.89. The summed E-state index contributed by atoms with van der Waals surface area (Å²) in [4.78, 5) is 13.8. The molecular formula is C19H25N3O5. The van der Waals surface area contributed by atoms with Gasteiger partial charge in [-0.2, -0.15) is 5.26 Å². The zero-order valence-electron chi connectivity index (χ0n) is 15.4. The van der Waals surface area contributed by atoms with Crippen molar-refractivity contribution in [3.63, 3.8) is 0 Å². The second kappa shape index (κ2) is 8.57. The van der Waals surface area contributed by atoms with Crippen molar-refractivity contribution in [2.45, 2.75) is 31.2 Å². The van der Waals surface area contributed by atoms with E-state index in [1.807, 2.05) is 6.07 Å². The molecule has 2 N–H and O–H groups in total. The molecule has 1 amide bonds. The van der Waals surface area contributed by atoms with Crippen molar-refractivity contribution >= 4 is 6.09 Å². The number of carbonyl (C=O) groups excluding carboxylic acids is 1. The Hall–Kier alpha value is -2.34. The van der Waals surface area contributed by atoms with Crippen molar-refractivity contribution in [3.05, 3.63) is 29.8 Å². The number of aliphatic hydroxyl groups excluding tert-OH is 1. The largest absolute Gasteiger partial charge is 0.491 e. The summed E-state index contributed by atoms with van der Waals surface area (Å²) in [6, 6.07) is 8.77. The maximum Gasteiger partial charge on any atom is 0.409 e. The lowest BCUT2D eigenvalue weighted by molar-refractivity contribution is -0.180. The van der Waals surface area contributed by atoms with E-state index in [2.05, 4.69) is 5.32 Å². The molecule has 3 rings (SSSR count). The molecule has 2 aliphatic rings. The minimum Gasteiger partial charge on any atom is -0.491 e. The Morgan fingerprint density at radius 2 is 2.30 bits per heavy atom. The van der Waals surface area contributed by atoms with Crippen LogP contribution in [-0.2, 0) is 9.47 Å². The van der Waals surface area contributed by atoms with Gasteiger partial charge in [-0.3, -0.25) is 0 Å². The second-order valence-electron chi connectivity index (χ2n) is 6.94. The molecule has 2 unspecified atom stereocenters. The molecule has 2 heterocycles. The Labute approximate surface area is 158 Å². The van der Waals surface area contributed by atoms with Gasteiger partial charge in [0.15, 0.2) is 0 Å². The van der Waals surface area contributed by atoms with E-state index in [1.165, 1.54) is 0 Å². The normalized spacial score (nSPS) is 25.4. The van der Waals surface area contributed by atoms with Gasteiger partial charge in [0.05, 0.1) is 43.5 Å². The van der Waals surface area contributed by atoms with Gasteiger partial charge < -0.3 is 29.5 Å². The van der Waals surface area contributed by atoms with E-state index < -0.39 is 11.7 Å². The SMILES string of the molecule is CCOC(=O)N1CC2CNCC(C[C@H](O)COc3ccc(C#N)cc3)(C1)O2. The molecule has 2 fully saturated rings. The lowest BCUT2D eigenvalue weighted by atomic mass is 9.91. The van der Waals surface area contributed by atoms with E-state index in [0.717, 1.165) is 0 Å². The lowest BCUT2D eigenvalue weighted by Gasteiger charge is -2.50. The molecule has 1 aromatic carbocycles. The van der Waals surface area contributed by atoms with Crippen LogP contribution >= 0.6 is 0 Å². The first kappa shape index (κ1) is 19.4.